The summed E-state index contributed by atoms with van der Waals surface area (Å²) in [7, 11) is 1.79. The Labute approximate surface area is 198 Å². The fourth-order valence-electron chi connectivity index (χ4n) is 4.34. The van der Waals surface area contributed by atoms with Crippen LogP contribution in [0.15, 0.2) is 23.3 Å². The Kier molecular flexibility index (Phi) is 10.1. The number of hydrogen-bond donors (Lipinski definition) is 2. The van der Waals surface area contributed by atoms with Gasteiger partial charge in [0.1, 0.15) is 5.82 Å². The van der Waals surface area contributed by atoms with E-state index in [0.29, 0.717) is 12.5 Å². The standard InChI is InChI=1S/C22H36N6O.HI/c1-4-27(5-2)20-11-10-17(14-24-20)15-25-22(23-3)26-19-12-13-28(16-19)21(29)18-8-6-7-9-18;/h10-11,14,18-19H,4-9,12-13,15-16H2,1-3H3,(H2,23,25,26);1H. The highest BCUT2D eigenvalue weighted by molar-refractivity contribution is 14.0. The number of aromatic nitrogens is 1. The summed E-state index contributed by atoms with van der Waals surface area (Å²) in [6.07, 6.45) is 7.43. The average molecular weight is 528 g/mol. The minimum absolute atomic E-state index is 0. The molecule has 1 aromatic rings. The molecule has 0 spiro atoms. The Balaban J connectivity index is 0.00000320. The molecule has 168 valence electrons. The maximum Gasteiger partial charge on any atom is 0.225 e. The number of nitrogens with zero attached hydrogens (tertiary/aromatic N) is 4. The second kappa shape index (κ2) is 12.3. The lowest BCUT2D eigenvalue weighted by molar-refractivity contribution is -0.134. The van der Waals surface area contributed by atoms with Gasteiger partial charge in [0.15, 0.2) is 5.96 Å². The minimum atomic E-state index is 0. The van der Waals surface area contributed by atoms with Gasteiger partial charge in [0.25, 0.3) is 0 Å². The second-order valence-corrected chi connectivity index (χ2v) is 8.02. The molecule has 1 aliphatic heterocycles. The van der Waals surface area contributed by atoms with E-state index in [0.717, 1.165) is 62.8 Å². The van der Waals surface area contributed by atoms with Gasteiger partial charge in [0, 0.05) is 57.9 Å². The molecule has 3 rings (SSSR count). The molecule has 0 bridgehead atoms. The summed E-state index contributed by atoms with van der Waals surface area (Å²) in [4.78, 5) is 25.8. The summed E-state index contributed by atoms with van der Waals surface area (Å²) in [5, 5.41) is 6.85. The van der Waals surface area contributed by atoms with Crippen molar-refractivity contribution in [2.24, 2.45) is 10.9 Å². The van der Waals surface area contributed by atoms with Crippen LogP contribution >= 0.6 is 24.0 Å². The highest BCUT2D eigenvalue weighted by atomic mass is 127. The lowest BCUT2D eigenvalue weighted by Crippen LogP contribution is -2.45. The van der Waals surface area contributed by atoms with E-state index in [-0.39, 0.29) is 35.9 Å². The number of rotatable bonds is 7. The minimum Gasteiger partial charge on any atom is -0.357 e. The number of carbonyl (C=O) groups is 1. The van der Waals surface area contributed by atoms with E-state index in [1.54, 1.807) is 7.05 Å². The van der Waals surface area contributed by atoms with Crippen molar-refractivity contribution < 1.29 is 4.79 Å². The molecule has 1 aliphatic carbocycles. The van der Waals surface area contributed by atoms with E-state index < -0.39 is 0 Å². The third kappa shape index (κ3) is 6.46. The SMILES string of the molecule is CCN(CC)c1ccc(CNC(=NC)NC2CCN(C(=O)C3CCCC3)C2)cn1.I. The van der Waals surface area contributed by atoms with Crippen molar-refractivity contribution in [1.82, 2.24) is 20.5 Å². The van der Waals surface area contributed by atoms with Gasteiger partial charge in [-0.2, -0.15) is 0 Å². The Morgan fingerprint density at radius 2 is 1.97 bits per heavy atom. The van der Waals surface area contributed by atoms with E-state index in [1.165, 1.54) is 12.8 Å². The summed E-state index contributed by atoms with van der Waals surface area (Å²) in [6, 6.07) is 4.44. The first-order valence-electron chi connectivity index (χ1n) is 11.1. The van der Waals surface area contributed by atoms with E-state index in [9.17, 15) is 4.79 Å². The van der Waals surface area contributed by atoms with E-state index in [2.05, 4.69) is 51.5 Å². The number of amides is 1. The van der Waals surface area contributed by atoms with Crippen molar-refractivity contribution in [3.63, 3.8) is 0 Å². The van der Waals surface area contributed by atoms with Crippen LogP contribution in [0.5, 0.6) is 0 Å². The summed E-state index contributed by atoms with van der Waals surface area (Å²) in [5.74, 6) is 2.41. The maximum absolute atomic E-state index is 12.6. The van der Waals surface area contributed by atoms with Gasteiger partial charge in [0.2, 0.25) is 5.91 Å². The lowest BCUT2D eigenvalue weighted by atomic mass is 10.1. The fourth-order valence-corrected chi connectivity index (χ4v) is 4.34. The molecule has 30 heavy (non-hydrogen) atoms. The first kappa shape index (κ1) is 24.7. The molecular formula is C22H37IN6O. The molecule has 8 heteroatoms. The first-order chi connectivity index (χ1) is 14.1. The smallest absolute Gasteiger partial charge is 0.225 e. The molecule has 2 N–H and O–H groups in total. The van der Waals surface area contributed by atoms with Crippen LogP contribution in [0.3, 0.4) is 0 Å². The molecule has 0 aromatic carbocycles. The van der Waals surface area contributed by atoms with Crippen LogP contribution < -0.4 is 15.5 Å². The molecule has 1 saturated carbocycles. The maximum atomic E-state index is 12.6. The molecule has 7 nitrogen and oxygen atoms in total. The van der Waals surface area contributed by atoms with Crippen molar-refractivity contribution in [2.75, 3.05) is 38.1 Å². The zero-order valence-electron chi connectivity index (χ0n) is 18.6. The number of anilines is 1. The van der Waals surface area contributed by atoms with Gasteiger partial charge in [-0.05, 0) is 44.7 Å². The van der Waals surface area contributed by atoms with Gasteiger partial charge in [0.05, 0.1) is 0 Å². The Hall–Kier alpha value is -1.58. The molecule has 1 aromatic heterocycles. The topological polar surface area (TPSA) is 72.9 Å². The summed E-state index contributed by atoms with van der Waals surface area (Å²) in [6.45, 7) is 8.49. The molecule has 1 atom stereocenters. The third-order valence-electron chi connectivity index (χ3n) is 6.13. The van der Waals surface area contributed by atoms with E-state index in [4.69, 9.17) is 0 Å². The average Bonchev–Trinajstić information content (AvgIpc) is 3.45. The van der Waals surface area contributed by atoms with Gasteiger partial charge in [-0.3, -0.25) is 9.79 Å². The zero-order chi connectivity index (χ0) is 20.6. The van der Waals surface area contributed by atoms with Gasteiger partial charge >= 0.3 is 0 Å². The highest BCUT2D eigenvalue weighted by Gasteiger charge is 2.32. The number of aliphatic imine (C=N–C) groups is 1. The Bertz CT molecular complexity index is 685. The van der Waals surface area contributed by atoms with Crippen molar-refractivity contribution in [2.45, 2.75) is 58.5 Å². The number of pyridine rings is 1. The van der Waals surface area contributed by atoms with Crippen molar-refractivity contribution in [3.8, 4) is 0 Å². The fraction of sp³-hybridized carbons (Fsp3) is 0.682. The zero-order valence-corrected chi connectivity index (χ0v) is 20.9. The number of guanidine groups is 1. The first-order valence-corrected chi connectivity index (χ1v) is 11.1. The number of hydrogen-bond acceptors (Lipinski definition) is 4. The van der Waals surface area contributed by atoms with E-state index in [1.807, 2.05) is 11.1 Å². The highest BCUT2D eigenvalue weighted by Crippen LogP contribution is 2.27. The van der Waals surface area contributed by atoms with Gasteiger partial charge in [-0.1, -0.05) is 18.9 Å². The van der Waals surface area contributed by atoms with Gasteiger partial charge < -0.3 is 20.4 Å². The van der Waals surface area contributed by atoms with E-state index >= 15 is 0 Å². The monoisotopic (exact) mass is 528 g/mol. The van der Waals surface area contributed by atoms with Crippen LogP contribution in [0, 0.1) is 5.92 Å². The molecule has 2 heterocycles. The third-order valence-corrected chi connectivity index (χ3v) is 6.13. The van der Waals surface area contributed by atoms with Crippen LogP contribution in [0.4, 0.5) is 5.82 Å². The molecule has 1 saturated heterocycles. The van der Waals surface area contributed by atoms with Crippen molar-refractivity contribution in [3.05, 3.63) is 23.9 Å². The molecule has 0 radical (unpaired) electrons. The van der Waals surface area contributed by atoms with Crippen LogP contribution in [0.1, 0.15) is 51.5 Å². The molecule has 1 amide bonds. The predicted molar refractivity (Wildman–Crippen MR) is 133 cm³/mol. The van der Waals surface area contributed by atoms with Crippen LogP contribution in [-0.2, 0) is 11.3 Å². The van der Waals surface area contributed by atoms with Crippen LogP contribution in [0.25, 0.3) is 0 Å². The van der Waals surface area contributed by atoms with Crippen molar-refractivity contribution >= 4 is 41.7 Å². The van der Waals surface area contributed by atoms with Gasteiger partial charge in [-0.15, -0.1) is 24.0 Å². The van der Waals surface area contributed by atoms with Crippen LogP contribution in [-0.4, -0.2) is 61.0 Å². The van der Waals surface area contributed by atoms with Crippen LogP contribution in [0.2, 0.25) is 0 Å². The normalized spacial score (nSPS) is 19.5. The van der Waals surface area contributed by atoms with Gasteiger partial charge in [-0.25, -0.2) is 4.98 Å². The molecule has 2 aliphatic rings. The molecule has 2 fully saturated rings. The van der Waals surface area contributed by atoms with Crippen molar-refractivity contribution in [1.29, 1.82) is 0 Å². The quantitative estimate of drug-likeness (QED) is 0.324. The number of nitrogens with one attached hydrogen (secondary N) is 2. The molecule has 1 unspecified atom stereocenters. The summed E-state index contributed by atoms with van der Waals surface area (Å²) < 4.78 is 0. The predicted octanol–water partition coefficient (Wildman–Crippen LogP) is 3.00. The summed E-state index contributed by atoms with van der Waals surface area (Å²) >= 11 is 0. The number of halogens is 1. The lowest BCUT2D eigenvalue weighted by Gasteiger charge is -2.22. The second-order valence-electron chi connectivity index (χ2n) is 8.02. The number of likely N-dealkylation sites (tertiary alicyclic amines) is 1. The molecular weight excluding hydrogens is 491 g/mol. The Morgan fingerprint density at radius 3 is 2.57 bits per heavy atom. The summed E-state index contributed by atoms with van der Waals surface area (Å²) in [5.41, 5.74) is 1.12. The Morgan fingerprint density at radius 1 is 1.23 bits per heavy atom. The largest absolute Gasteiger partial charge is 0.357 e. The number of carbonyl (C=O) groups excluding carboxylic acids is 1.